The maximum Gasteiger partial charge on any atom is 0.325 e. The molecule has 2 aromatic rings. The first kappa shape index (κ1) is 22.4. The van der Waals surface area contributed by atoms with Crippen LogP contribution in [0.1, 0.15) is 31.0 Å². The zero-order chi connectivity index (χ0) is 23.0. The van der Waals surface area contributed by atoms with Gasteiger partial charge in [-0.2, -0.15) is 0 Å². The largest absolute Gasteiger partial charge is 0.348 e. The van der Waals surface area contributed by atoms with Gasteiger partial charge in [-0.3, -0.25) is 14.5 Å². The van der Waals surface area contributed by atoms with Crippen molar-refractivity contribution < 1.29 is 27.2 Å². The predicted molar refractivity (Wildman–Crippen MR) is 110 cm³/mol. The quantitative estimate of drug-likeness (QED) is 0.657. The molecule has 2 aromatic carbocycles. The van der Waals surface area contributed by atoms with E-state index in [9.17, 15) is 27.2 Å². The van der Waals surface area contributed by atoms with E-state index in [1.54, 1.807) is 19.1 Å². The Labute approximate surface area is 179 Å². The molecule has 31 heavy (non-hydrogen) atoms. The lowest BCUT2D eigenvalue weighted by Gasteiger charge is -2.22. The number of hydrogen-bond acceptors (Lipinski definition) is 5. The van der Waals surface area contributed by atoms with E-state index in [0.29, 0.717) is 11.1 Å². The molecular weight excluding hydrogens is 425 g/mol. The molecule has 2 atom stereocenters. The van der Waals surface area contributed by atoms with Crippen LogP contribution in [-0.4, -0.2) is 44.0 Å². The molecule has 2 unspecified atom stereocenters. The fraction of sp³-hybridized carbons (Fsp3) is 0.286. The van der Waals surface area contributed by atoms with Crippen LogP contribution in [-0.2, 0) is 25.0 Å². The number of rotatable bonds is 6. The molecule has 164 valence electrons. The molecule has 10 heteroatoms. The number of nitrogens with one attached hydrogen (secondary N) is 2. The molecule has 0 saturated carbocycles. The Balaban J connectivity index is 1.68. The maximum atomic E-state index is 13.2. The monoisotopic (exact) mass is 447 g/mol. The minimum absolute atomic E-state index is 0.161. The fourth-order valence-electron chi connectivity index (χ4n) is 3.34. The summed E-state index contributed by atoms with van der Waals surface area (Å²) in [6.07, 6.45) is 1.10. The van der Waals surface area contributed by atoms with Crippen molar-refractivity contribution in [3.05, 3.63) is 65.5 Å². The van der Waals surface area contributed by atoms with Gasteiger partial charge in [-0.1, -0.05) is 24.3 Å². The highest BCUT2D eigenvalue weighted by molar-refractivity contribution is 7.90. The molecule has 3 rings (SSSR count). The lowest BCUT2D eigenvalue weighted by Crippen LogP contribution is -2.43. The van der Waals surface area contributed by atoms with Crippen molar-refractivity contribution in [2.24, 2.45) is 0 Å². The average molecular weight is 447 g/mol. The number of benzene rings is 2. The third-order valence-corrected chi connectivity index (χ3v) is 6.31. The van der Waals surface area contributed by atoms with Gasteiger partial charge in [0.15, 0.2) is 9.84 Å². The molecule has 8 nitrogen and oxygen atoms in total. The van der Waals surface area contributed by atoms with Crippen LogP contribution in [0, 0.1) is 5.82 Å². The average Bonchev–Trinajstić information content (AvgIpc) is 2.91. The van der Waals surface area contributed by atoms with Crippen LogP contribution < -0.4 is 10.6 Å². The standard InChI is InChI=1S/C21H22FN3O5S/c1-13(14-4-10-17(11-5-14)31(3,29)30)23-18(26)12-25-19(27)21(2,24-20(25)28)15-6-8-16(22)9-7-15/h4-11,13H,12H2,1-3H3,(H,23,26)(H,24,28). The second kappa shape index (κ2) is 8.10. The molecule has 2 N–H and O–H groups in total. The molecule has 1 fully saturated rings. The summed E-state index contributed by atoms with van der Waals surface area (Å²) in [5.74, 6) is -1.66. The highest BCUT2D eigenvalue weighted by Gasteiger charge is 2.49. The highest BCUT2D eigenvalue weighted by atomic mass is 32.2. The Hall–Kier alpha value is -3.27. The van der Waals surface area contributed by atoms with E-state index in [4.69, 9.17) is 0 Å². The molecule has 0 spiro atoms. The Morgan fingerprint density at radius 1 is 1.13 bits per heavy atom. The lowest BCUT2D eigenvalue weighted by atomic mass is 9.92. The number of imide groups is 1. The smallest absolute Gasteiger partial charge is 0.325 e. The zero-order valence-corrected chi connectivity index (χ0v) is 18.0. The predicted octanol–water partition coefficient (Wildman–Crippen LogP) is 1.87. The minimum Gasteiger partial charge on any atom is -0.348 e. The molecule has 1 aliphatic heterocycles. The maximum absolute atomic E-state index is 13.2. The normalized spacial score (nSPS) is 19.8. The van der Waals surface area contributed by atoms with Gasteiger partial charge in [0.05, 0.1) is 10.9 Å². The van der Waals surface area contributed by atoms with E-state index in [0.717, 1.165) is 11.2 Å². The Morgan fingerprint density at radius 2 is 1.71 bits per heavy atom. The van der Waals surface area contributed by atoms with Gasteiger partial charge >= 0.3 is 6.03 Å². The number of halogens is 1. The van der Waals surface area contributed by atoms with Crippen molar-refractivity contribution in [1.82, 2.24) is 15.5 Å². The number of sulfone groups is 1. The summed E-state index contributed by atoms with van der Waals surface area (Å²) in [6, 6.07) is 10.0. The first-order valence-corrected chi connectivity index (χ1v) is 11.3. The molecule has 0 radical (unpaired) electrons. The van der Waals surface area contributed by atoms with E-state index in [1.165, 1.54) is 43.3 Å². The highest BCUT2D eigenvalue weighted by Crippen LogP contribution is 2.29. The number of carbonyl (C=O) groups excluding carboxylic acids is 3. The van der Waals surface area contributed by atoms with Crippen molar-refractivity contribution in [1.29, 1.82) is 0 Å². The third-order valence-electron chi connectivity index (χ3n) is 5.18. The van der Waals surface area contributed by atoms with Gasteiger partial charge in [-0.25, -0.2) is 17.6 Å². The topological polar surface area (TPSA) is 113 Å². The summed E-state index contributed by atoms with van der Waals surface area (Å²) in [5.41, 5.74) is -0.346. The van der Waals surface area contributed by atoms with E-state index in [1.807, 2.05) is 0 Å². The molecule has 1 saturated heterocycles. The van der Waals surface area contributed by atoms with Gasteiger partial charge in [0.2, 0.25) is 5.91 Å². The van der Waals surface area contributed by atoms with Crippen LogP contribution in [0.4, 0.5) is 9.18 Å². The zero-order valence-electron chi connectivity index (χ0n) is 17.2. The van der Waals surface area contributed by atoms with Crippen LogP contribution >= 0.6 is 0 Å². The van der Waals surface area contributed by atoms with Crippen LogP contribution in [0.3, 0.4) is 0 Å². The number of urea groups is 1. The van der Waals surface area contributed by atoms with Crippen molar-refractivity contribution in [2.75, 3.05) is 12.8 Å². The van der Waals surface area contributed by atoms with Gasteiger partial charge < -0.3 is 10.6 Å². The summed E-state index contributed by atoms with van der Waals surface area (Å²) in [4.78, 5) is 38.6. The van der Waals surface area contributed by atoms with Crippen molar-refractivity contribution >= 4 is 27.7 Å². The van der Waals surface area contributed by atoms with Crippen LogP contribution in [0.25, 0.3) is 0 Å². The summed E-state index contributed by atoms with van der Waals surface area (Å²) in [5, 5.41) is 5.24. The van der Waals surface area contributed by atoms with Gasteiger partial charge in [-0.05, 0) is 49.2 Å². The summed E-state index contributed by atoms with van der Waals surface area (Å²) in [7, 11) is -3.33. The van der Waals surface area contributed by atoms with Gasteiger partial charge in [0.1, 0.15) is 17.9 Å². The minimum atomic E-state index is -3.33. The molecular formula is C21H22FN3O5S. The van der Waals surface area contributed by atoms with Gasteiger partial charge in [0, 0.05) is 6.26 Å². The molecule has 0 aromatic heterocycles. The Morgan fingerprint density at radius 3 is 2.26 bits per heavy atom. The van der Waals surface area contributed by atoms with Gasteiger partial charge in [-0.15, -0.1) is 0 Å². The van der Waals surface area contributed by atoms with Crippen LogP contribution in [0.5, 0.6) is 0 Å². The van der Waals surface area contributed by atoms with E-state index >= 15 is 0 Å². The lowest BCUT2D eigenvalue weighted by molar-refractivity contribution is -0.135. The second-order valence-corrected chi connectivity index (χ2v) is 9.60. The molecule has 1 heterocycles. The Bertz CT molecular complexity index is 1130. The molecule has 4 amide bonds. The van der Waals surface area contributed by atoms with Crippen LogP contribution in [0.15, 0.2) is 53.4 Å². The number of carbonyl (C=O) groups is 3. The van der Waals surface area contributed by atoms with Crippen LogP contribution in [0.2, 0.25) is 0 Å². The first-order chi connectivity index (χ1) is 14.4. The number of hydrogen-bond donors (Lipinski definition) is 2. The first-order valence-electron chi connectivity index (χ1n) is 9.41. The van der Waals surface area contributed by atoms with E-state index < -0.39 is 51.6 Å². The van der Waals surface area contributed by atoms with Crippen molar-refractivity contribution in [3.8, 4) is 0 Å². The van der Waals surface area contributed by atoms with Gasteiger partial charge in [0.25, 0.3) is 5.91 Å². The fourth-order valence-corrected chi connectivity index (χ4v) is 3.97. The molecule has 1 aliphatic rings. The van der Waals surface area contributed by atoms with Crippen molar-refractivity contribution in [2.45, 2.75) is 30.3 Å². The molecule has 0 bridgehead atoms. The third kappa shape index (κ3) is 4.58. The number of nitrogens with zero attached hydrogens (tertiary/aromatic N) is 1. The summed E-state index contributed by atoms with van der Waals surface area (Å²) < 4.78 is 36.3. The molecule has 0 aliphatic carbocycles. The van der Waals surface area contributed by atoms with E-state index in [2.05, 4.69) is 10.6 Å². The number of amides is 4. The Kier molecular flexibility index (Phi) is 5.86. The summed E-state index contributed by atoms with van der Waals surface area (Å²) in [6.45, 7) is 2.69. The second-order valence-electron chi connectivity index (χ2n) is 7.58. The summed E-state index contributed by atoms with van der Waals surface area (Å²) >= 11 is 0. The van der Waals surface area contributed by atoms with Crippen molar-refractivity contribution in [3.63, 3.8) is 0 Å². The SMILES string of the molecule is CC(NC(=O)CN1C(=O)NC(C)(c2ccc(F)cc2)C1=O)c1ccc(S(C)(=O)=O)cc1. The van der Waals surface area contributed by atoms with E-state index in [-0.39, 0.29) is 4.90 Å².